The van der Waals surface area contributed by atoms with Gasteiger partial charge in [0.1, 0.15) is 6.10 Å². The predicted octanol–water partition coefficient (Wildman–Crippen LogP) is 1.96. The number of hydrogen-bond acceptors (Lipinski definition) is 4. The number of aryl methyl sites for hydroxylation is 1. The lowest BCUT2D eigenvalue weighted by molar-refractivity contribution is -0.00906. The minimum absolute atomic E-state index is 0.185. The Labute approximate surface area is 134 Å². The molecule has 2 aliphatic heterocycles. The molecule has 3 rings (SSSR count). The first-order valence-electron chi connectivity index (χ1n) is 8.73. The molecule has 0 amide bonds. The van der Waals surface area contributed by atoms with Gasteiger partial charge in [-0.25, -0.2) is 4.98 Å². The van der Waals surface area contributed by atoms with Crippen molar-refractivity contribution in [1.82, 2.24) is 19.8 Å². The molecule has 22 heavy (non-hydrogen) atoms. The third kappa shape index (κ3) is 3.53. The van der Waals surface area contributed by atoms with Gasteiger partial charge in [0.25, 0.3) is 0 Å². The molecule has 2 saturated heterocycles. The lowest BCUT2D eigenvalue weighted by atomic mass is 9.91. The Morgan fingerprint density at radius 2 is 2.27 bits per heavy atom. The van der Waals surface area contributed by atoms with Crippen LogP contribution in [0, 0.1) is 5.92 Å². The van der Waals surface area contributed by atoms with Crippen LogP contribution in [0.3, 0.4) is 0 Å². The molecule has 0 bridgehead atoms. The Morgan fingerprint density at radius 1 is 1.41 bits per heavy atom. The van der Waals surface area contributed by atoms with Gasteiger partial charge in [0, 0.05) is 32.3 Å². The number of nitrogens with zero attached hydrogens (tertiary/aromatic N) is 3. The van der Waals surface area contributed by atoms with E-state index in [9.17, 15) is 0 Å². The van der Waals surface area contributed by atoms with Crippen molar-refractivity contribution < 1.29 is 4.74 Å². The van der Waals surface area contributed by atoms with Gasteiger partial charge in [0.2, 0.25) is 0 Å². The molecule has 0 aliphatic carbocycles. The Morgan fingerprint density at radius 3 is 2.95 bits per heavy atom. The van der Waals surface area contributed by atoms with E-state index in [1.54, 1.807) is 0 Å². The summed E-state index contributed by atoms with van der Waals surface area (Å²) in [5.74, 6) is 0.728. The van der Waals surface area contributed by atoms with Crippen LogP contribution in [0.1, 0.15) is 44.9 Å². The van der Waals surface area contributed by atoms with Crippen LogP contribution in [0.4, 0.5) is 0 Å². The number of likely N-dealkylation sites (tertiary alicyclic amines) is 1. The van der Waals surface area contributed by atoms with Gasteiger partial charge in [-0.05, 0) is 38.3 Å². The van der Waals surface area contributed by atoms with Crippen molar-refractivity contribution in [2.75, 3.05) is 26.2 Å². The summed E-state index contributed by atoms with van der Waals surface area (Å²) in [6, 6.07) is 1.22. The van der Waals surface area contributed by atoms with Crippen LogP contribution in [-0.2, 0) is 11.8 Å². The highest BCUT2D eigenvalue weighted by Crippen LogP contribution is 2.29. The Balaban J connectivity index is 1.56. The lowest BCUT2D eigenvalue weighted by Gasteiger charge is -2.40. The SMILES string of the molecule is CCN1CCC(NC2CCOC(c3cncn3C)C2)C(C)C1. The van der Waals surface area contributed by atoms with E-state index >= 15 is 0 Å². The summed E-state index contributed by atoms with van der Waals surface area (Å²) in [5.41, 5.74) is 1.19. The summed E-state index contributed by atoms with van der Waals surface area (Å²) in [5, 5.41) is 3.93. The first-order chi connectivity index (χ1) is 10.7. The first kappa shape index (κ1) is 16.0. The second kappa shape index (κ2) is 7.11. The van der Waals surface area contributed by atoms with Crippen LogP contribution < -0.4 is 5.32 Å². The van der Waals surface area contributed by atoms with E-state index in [2.05, 4.69) is 33.6 Å². The summed E-state index contributed by atoms with van der Waals surface area (Å²) >= 11 is 0. The highest BCUT2D eigenvalue weighted by atomic mass is 16.5. The van der Waals surface area contributed by atoms with Crippen molar-refractivity contribution in [2.45, 2.75) is 51.3 Å². The Bertz CT molecular complexity index is 475. The number of rotatable bonds is 4. The minimum atomic E-state index is 0.185. The van der Waals surface area contributed by atoms with Crippen molar-refractivity contribution >= 4 is 0 Å². The molecule has 124 valence electrons. The second-order valence-corrected chi connectivity index (χ2v) is 6.94. The molecule has 0 saturated carbocycles. The zero-order valence-electron chi connectivity index (χ0n) is 14.2. The summed E-state index contributed by atoms with van der Waals surface area (Å²) in [7, 11) is 2.05. The van der Waals surface area contributed by atoms with Crippen molar-refractivity contribution in [2.24, 2.45) is 13.0 Å². The molecular formula is C17H30N4O. The van der Waals surface area contributed by atoms with Gasteiger partial charge in [-0.1, -0.05) is 13.8 Å². The molecule has 0 spiro atoms. The molecule has 4 atom stereocenters. The molecule has 4 unspecified atom stereocenters. The molecule has 0 radical (unpaired) electrons. The van der Waals surface area contributed by atoms with Crippen LogP contribution >= 0.6 is 0 Å². The number of hydrogen-bond donors (Lipinski definition) is 1. The van der Waals surface area contributed by atoms with E-state index in [4.69, 9.17) is 4.74 Å². The fourth-order valence-electron chi connectivity index (χ4n) is 3.90. The molecule has 2 fully saturated rings. The quantitative estimate of drug-likeness (QED) is 0.923. The van der Waals surface area contributed by atoms with Crippen LogP contribution in [0.15, 0.2) is 12.5 Å². The third-order valence-electron chi connectivity index (χ3n) is 5.35. The van der Waals surface area contributed by atoms with Gasteiger partial charge in [-0.15, -0.1) is 0 Å². The highest BCUT2D eigenvalue weighted by molar-refractivity contribution is 5.04. The van der Waals surface area contributed by atoms with E-state index in [0.29, 0.717) is 12.1 Å². The van der Waals surface area contributed by atoms with E-state index < -0.39 is 0 Å². The van der Waals surface area contributed by atoms with Crippen molar-refractivity contribution in [1.29, 1.82) is 0 Å². The second-order valence-electron chi connectivity index (χ2n) is 6.94. The van der Waals surface area contributed by atoms with Crippen LogP contribution in [-0.4, -0.2) is 52.8 Å². The van der Waals surface area contributed by atoms with E-state index in [0.717, 1.165) is 25.4 Å². The number of ether oxygens (including phenoxy) is 1. The smallest absolute Gasteiger partial charge is 0.100 e. The average molecular weight is 306 g/mol. The van der Waals surface area contributed by atoms with Crippen LogP contribution in [0.5, 0.6) is 0 Å². The first-order valence-corrected chi connectivity index (χ1v) is 8.73. The predicted molar refractivity (Wildman–Crippen MR) is 87.7 cm³/mol. The molecule has 5 nitrogen and oxygen atoms in total. The fourth-order valence-corrected chi connectivity index (χ4v) is 3.90. The Kier molecular flexibility index (Phi) is 5.16. The topological polar surface area (TPSA) is 42.3 Å². The monoisotopic (exact) mass is 306 g/mol. The van der Waals surface area contributed by atoms with E-state index in [1.807, 2.05) is 19.6 Å². The van der Waals surface area contributed by atoms with Crippen LogP contribution in [0.2, 0.25) is 0 Å². The average Bonchev–Trinajstić information content (AvgIpc) is 2.96. The summed E-state index contributed by atoms with van der Waals surface area (Å²) in [4.78, 5) is 6.79. The molecule has 2 aliphatic rings. The molecular weight excluding hydrogens is 276 g/mol. The van der Waals surface area contributed by atoms with Gasteiger partial charge in [0.05, 0.1) is 18.2 Å². The largest absolute Gasteiger partial charge is 0.372 e. The fraction of sp³-hybridized carbons (Fsp3) is 0.824. The van der Waals surface area contributed by atoms with Gasteiger partial charge in [-0.3, -0.25) is 0 Å². The number of aromatic nitrogens is 2. The minimum Gasteiger partial charge on any atom is -0.372 e. The molecule has 1 N–H and O–H groups in total. The number of nitrogens with one attached hydrogen (secondary N) is 1. The lowest BCUT2D eigenvalue weighted by Crippen LogP contribution is -2.52. The van der Waals surface area contributed by atoms with Crippen LogP contribution in [0.25, 0.3) is 0 Å². The maximum absolute atomic E-state index is 5.97. The summed E-state index contributed by atoms with van der Waals surface area (Å²) in [6.07, 6.45) is 7.43. The van der Waals surface area contributed by atoms with Gasteiger partial charge >= 0.3 is 0 Å². The van der Waals surface area contributed by atoms with Crippen molar-refractivity contribution in [3.8, 4) is 0 Å². The zero-order chi connectivity index (χ0) is 15.5. The molecule has 3 heterocycles. The molecule has 1 aromatic heterocycles. The number of piperidine rings is 1. The Hall–Kier alpha value is -0.910. The summed E-state index contributed by atoms with van der Waals surface area (Å²) < 4.78 is 8.05. The standard InChI is InChI=1S/C17H30N4O/c1-4-21-7-5-15(13(2)11-21)19-14-6-8-22-17(9-14)16-10-18-12-20(16)3/h10,12-15,17,19H,4-9,11H2,1-3H3. The molecule has 1 aromatic rings. The normalized spacial score (nSPS) is 34.0. The van der Waals surface area contributed by atoms with Gasteiger partial charge in [-0.2, -0.15) is 0 Å². The maximum Gasteiger partial charge on any atom is 0.100 e. The number of imidazole rings is 1. The summed E-state index contributed by atoms with van der Waals surface area (Å²) in [6.45, 7) is 9.12. The molecule has 0 aromatic carbocycles. The van der Waals surface area contributed by atoms with Crippen molar-refractivity contribution in [3.05, 3.63) is 18.2 Å². The van der Waals surface area contributed by atoms with Gasteiger partial charge < -0.3 is 19.5 Å². The van der Waals surface area contributed by atoms with E-state index in [1.165, 1.54) is 31.7 Å². The zero-order valence-corrected chi connectivity index (χ0v) is 14.2. The maximum atomic E-state index is 5.97. The molecule has 5 heteroatoms. The third-order valence-corrected chi connectivity index (χ3v) is 5.35. The van der Waals surface area contributed by atoms with Gasteiger partial charge in [0.15, 0.2) is 0 Å². The highest BCUT2D eigenvalue weighted by Gasteiger charge is 2.31. The van der Waals surface area contributed by atoms with Crippen molar-refractivity contribution in [3.63, 3.8) is 0 Å². The van der Waals surface area contributed by atoms with E-state index in [-0.39, 0.29) is 6.10 Å².